The van der Waals surface area contributed by atoms with Gasteiger partial charge in [0.05, 0.1) is 31.4 Å². The quantitative estimate of drug-likeness (QED) is 0.122. The number of benzene rings is 2. The number of fused-ring (bicyclic) bond motifs is 5. The molecule has 41 heavy (non-hydrogen) atoms. The van der Waals surface area contributed by atoms with Crippen LogP contribution in [0.25, 0.3) is 22.2 Å². The van der Waals surface area contributed by atoms with Crippen molar-refractivity contribution in [2.45, 2.75) is 33.8 Å². The van der Waals surface area contributed by atoms with E-state index >= 15 is 0 Å². The molecule has 1 aliphatic carbocycles. The van der Waals surface area contributed by atoms with Gasteiger partial charge in [0.25, 0.3) is 0 Å². The summed E-state index contributed by atoms with van der Waals surface area (Å²) in [7, 11) is 0. The Hall–Kier alpha value is -4.06. The minimum Gasteiger partial charge on any atom is -0.492 e. The number of oxime groups is 1. The summed E-state index contributed by atoms with van der Waals surface area (Å²) in [6.07, 6.45) is 8.21. The van der Waals surface area contributed by atoms with E-state index < -0.39 is 6.10 Å². The first kappa shape index (κ1) is 29.9. The van der Waals surface area contributed by atoms with E-state index in [4.69, 9.17) is 29.9 Å². The number of ether oxygens (including phenoxy) is 3. The van der Waals surface area contributed by atoms with Crippen molar-refractivity contribution in [2.24, 2.45) is 5.16 Å². The lowest BCUT2D eigenvalue weighted by molar-refractivity contribution is 0.0996. The fourth-order valence-electron chi connectivity index (χ4n) is 4.99. The van der Waals surface area contributed by atoms with E-state index in [0.717, 1.165) is 64.2 Å². The molecule has 1 N–H and O–H groups in total. The first-order valence-electron chi connectivity index (χ1n) is 13.8. The molecular weight excluding hydrogens is 542 g/mol. The van der Waals surface area contributed by atoms with Crippen molar-refractivity contribution in [1.29, 1.82) is 0 Å². The maximum absolute atomic E-state index is 6.15. The van der Waals surface area contributed by atoms with Gasteiger partial charge in [-0.05, 0) is 63.3 Å². The van der Waals surface area contributed by atoms with Crippen LogP contribution in [-0.2, 0) is 4.84 Å². The Morgan fingerprint density at radius 3 is 2.34 bits per heavy atom. The van der Waals surface area contributed by atoms with Crippen molar-refractivity contribution in [3.8, 4) is 40.8 Å². The highest BCUT2D eigenvalue weighted by molar-refractivity contribution is 6.30. The molecule has 5 rings (SSSR count). The van der Waals surface area contributed by atoms with Gasteiger partial charge >= 0.3 is 0 Å². The van der Waals surface area contributed by atoms with Crippen LogP contribution in [0.15, 0.2) is 58.5 Å². The Bertz CT molecular complexity index is 1530. The molecule has 9 heteroatoms. The average Bonchev–Trinajstić information content (AvgIpc) is 3.69. The highest BCUT2D eigenvalue weighted by Crippen LogP contribution is 2.46. The summed E-state index contributed by atoms with van der Waals surface area (Å²) < 4.78 is 23.2. The molecule has 1 aliphatic rings. The van der Waals surface area contributed by atoms with Crippen LogP contribution in [0, 0.1) is 12.3 Å². The maximum atomic E-state index is 6.15. The van der Waals surface area contributed by atoms with Crippen molar-refractivity contribution in [2.75, 3.05) is 39.5 Å². The Morgan fingerprint density at radius 1 is 0.976 bits per heavy atom. The van der Waals surface area contributed by atoms with E-state index in [-0.39, 0.29) is 12.4 Å². The van der Waals surface area contributed by atoms with Crippen molar-refractivity contribution in [1.82, 2.24) is 9.88 Å². The summed E-state index contributed by atoms with van der Waals surface area (Å²) in [5.41, 5.74) is 6.00. The Morgan fingerprint density at radius 2 is 1.71 bits per heavy atom. The van der Waals surface area contributed by atoms with E-state index in [0.29, 0.717) is 37.0 Å². The topological polar surface area (TPSA) is 81.4 Å². The molecule has 0 saturated carbocycles. The summed E-state index contributed by atoms with van der Waals surface area (Å²) in [6, 6.07) is 11.8. The molecule has 216 valence electrons. The molecule has 0 fully saturated rings. The summed E-state index contributed by atoms with van der Waals surface area (Å²) in [4.78, 5) is 11.9. The molecule has 0 spiro atoms. The molecule has 2 aromatic carbocycles. The largest absolute Gasteiger partial charge is 0.492 e. The van der Waals surface area contributed by atoms with E-state index in [1.807, 2.05) is 38.1 Å². The molecule has 0 saturated heterocycles. The SMILES string of the molecule is C#CC(O/N=C1/c2cc(OCC)c(OCC)cc2-c2[nH]c3ccc(OCCN(CC)CC)cc3c21)c1ccoc1.Cl. The van der Waals surface area contributed by atoms with Gasteiger partial charge in [-0.1, -0.05) is 24.9 Å². The van der Waals surface area contributed by atoms with Crippen LogP contribution in [-0.4, -0.2) is 55.1 Å². The Kier molecular flexibility index (Phi) is 9.87. The van der Waals surface area contributed by atoms with Crippen LogP contribution < -0.4 is 14.2 Å². The Labute approximate surface area is 247 Å². The molecule has 0 aliphatic heterocycles. The predicted molar refractivity (Wildman–Crippen MR) is 164 cm³/mol. The molecule has 0 bridgehead atoms. The van der Waals surface area contributed by atoms with Crippen LogP contribution in [0.3, 0.4) is 0 Å². The molecular formula is C32H36ClN3O5. The third-order valence-electron chi connectivity index (χ3n) is 7.03. The number of terminal acetylenes is 1. The number of nitrogens with one attached hydrogen (secondary N) is 1. The number of likely N-dealkylation sites (N-methyl/N-ethyl adjacent to an activating group) is 1. The molecule has 1 unspecified atom stereocenters. The lowest BCUT2D eigenvalue weighted by atomic mass is 10.1. The van der Waals surface area contributed by atoms with Gasteiger partial charge in [-0.2, -0.15) is 0 Å². The Balaban J connectivity index is 0.00000387. The van der Waals surface area contributed by atoms with E-state index in [9.17, 15) is 0 Å². The van der Waals surface area contributed by atoms with Gasteiger partial charge in [0.1, 0.15) is 18.1 Å². The van der Waals surface area contributed by atoms with Crippen LogP contribution in [0.5, 0.6) is 17.2 Å². The van der Waals surface area contributed by atoms with Gasteiger partial charge in [-0.15, -0.1) is 18.8 Å². The summed E-state index contributed by atoms with van der Waals surface area (Å²) in [5.74, 6) is 4.77. The molecule has 8 nitrogen and oxygen atoms in total. The number of hydrogen-bond acceptors (Lipinski definition) is 7. The van der Waals surface area contributed by atoms with Gasteiger partial charge in [-0.3, -0.25) is 0 Å². The summed E-state index contributed by atoms with van der Waals surface area (Å²) in [6.45, 7) is 12.7. The van der Waals surface area contributed by atoms with E-state index in [1.54, 1.807) is 18.6 Å². The normalized spacial score (nSPS) is 13.4. The van der Waals surface area contributed by atoms with Crippen LogP contribution >= 0.6 is 12.4 Å². The predicted octanol–water partition coefficient (Wildman–Crippen LogP) is 6.82. The third-order valence-corrected chi connectivity index (χ3v) is 7.03. The van der Waals surface area contributed by atoms with Crippen molar-refractivity contribution >= 4 is 29.0 Å². The van der Waals surface area contributed by atoms with Gasteiger partial charge in [0.2, 0.25) is 6.10 Å². The van der Waals surface area contributed by atoms with Gasteiger partial charge in [-0.25, -0.2) is 0 Å². The number of aromatic amines is 1. The molecule has 2 aromatic heterocycles. The lowest BCUT2D eigenvalue weighted by Crippen LogP contribution is -2.27. The molecule has 2 heterocycles. The van der Waals surface area contributed by atoms with E-state index in [2.05, 4.69) is 40.9 Å². The van der Waals surface area contributed by atoms with Gasteiger partial charge in [0.15, 0.2) is 11.5 Å². The second-order valence-electron chi connectivity index (χ2n) is 9.32. The number of H-pyrrole nitrogens is 1. The number of hydrogen-bond donors (Lipinski definition) is 1. The summed E-state index contributed by atoms with van der Waals surface area (Å²) >= 11 is 0. The first-order valence-corrected chi connectivity index (χ1v) is 13.8. The summed E-state index contributed by atoms with van der Waals surface area (Å²) in [5, 5.41) is 5.62. The zero-order chi connectivity index (χ0) is 28.1. The monoisotopic (exact) mass is 577 g/mol. The number of rotatable bonds is 13. The van der Waals surface area contributed by atoms with Crippen LogP contribution in [0.1, 0.15) is 50.5 Å². The number of aromatic nitrogens is 1. The molecule has 0 radical (unpaired) electrons. The number of nitrogens with zero attached hydrogens (tertiary/aromatic N) is 2. The first-order chi connectivity index (χ1) is 19.6. The second-order valence-corrected chi connectivity index (χ2v) is 9.32. The van der Waals surface area contributed by atoms with Gasteiger partial charge < -0.3 is 33.3 Å². The fraction of sp³-hybridized carbons (Fsp3) is 0.344. The molecule has 0 amide bonds. The lowest BCUT2D eigenvalue weighted by Gasteiger charge is -2.18. The van der Waals surface area contributed by atoms with E-state index in [1.165, 1.54) is 0 Å². The minimum absolute atomic E-state index is 0. The number of furan rings is 1. The zero-order valence-corrected chi connectivity index (χ0v) is 24.7. The third kappa shape index (κ3) is 6.02. The average molecular weight is 578 g/mol. The van der Waals surface area contributed by atoms with Crippen molar-refractivity contribution in [3.63, 3.8) is 0 Å². The van der Waals surface area contributed by atoms with Gasteiger partial charge in [0, 0.05) is 39.7 Å². The fourth-order valence-corrected chi connectivity index (χ4v) is 4.99. The maximum Gasteiger partial charge on any atom is 0.215 e. The highest BCUT2D eigenvalue weighted by atomic mass is 35.5. The van der Waals surface area contributed by atoms with Crippen molar-refractivity contribution < 1.29 is 23.5 Å². The van der Waals surface area contributed by atoms with Crippen molar-refractivity contribution in [3.05, 3.63) is 65.6 Å². The standard InChI is InChI=1S/C32H35N3O5.ClH/c1-6-27(21-13-15-36-20-21)40-34-32-24-19-29(38-10-5)28(37-9-4)18-23(24)31-30(32)25-17-22(11-12-26(25)33-31)39-16-14-35(7-2)8-3;/h1,11-13,15,17-20,27,33H,7-10,14,16H2,2-5H3;1H/b34-32-;. The van der Waals surface area contributed by atoms with Crippen LogP contribution in [0.2, 0.25) is 0 Å². The van der Waals surface area contributed by atoms with Crippen LogP contribution in [0.4, 0.5) is 0 Å². The molecule has 1 atom stereocenters. The minimum atomic E-state index is -0.697. The zero-order valence-electron chi connectivity index (χ0n) is 23.9. The smallest absolute Gasteiger partial charge is 0.215 e. The number of halogens is 1. The molecule has 4 aromatic rings. The second kappa shape index (κ2) is 13.5. The highest BCUT2D eigenvalue weighted by Gasteiger charge is 2.32.